The van der Waals surface area contributed by atoms with E-state index in [1.54, 1.807) is 12.1 Å². The average Bonchev–Trinajstić information content (AvgIpc) is 3.53. The lowest BCUT2D eigenvalue weighted by atomic mass is 9.91. The Morgan fingerprint density at radius 2 is 1.95 bits per heavy atom. The average molecular weight is 537 g/mol. The van der Waals surface area contributed by atoms with Crippen LogP contribution in [0.25, 0.3) is 16.9 Å². The molecule has 1 aromatic carbocycles. The summed E-state index contributed by atoms with van der Waals surface area (Å²) in [5, 5.41) is 20.0. The third kappa shape index (κ3) is 5.22. The van der Waals surface area contributed by atoms with Gasteiger partial charge in [-0.25, -0.2) is 14.4 Å². The monoisotopic (exact) mass is 536 g/mol. The first-order chi connectivity index (χ1) is 18.0. The summed E-state index contributed by atoms with van der Waals surface area (Å²) in [6, 6.07) is 12.6. The number of halogens is 1. The van der Waals surface area contributed by atoms with E-state index >= 15 is 0 Å². The Balaban J connectivity index is 1.55. The third-order valence-electron chi connectivity index (χ3n) is 6.89. The number of benzene rings is 1. The molecule has 0 saturated carbocycles. The highest BCUT2D eigenvalue weighted by atomic mass is 32.2. The number of rotatable bonds is 8. The maximum absolute atomic E-state index is 13.5. The van der Waals surface area contributed by atoms with Gasteiger partial charge in [0, 0.05) is 44.7 Å². The summed E-state index contributed by atoms with van der Waals surface area (Å²) in [5.74, 6) is 1.05. The number of nitriles is 1. The molecule has 0 unspecified atom stereocenters. The number of pyridine rings is 1. The number of aryl methyl sites for hydroxylation is 1. The molecule has 0 atom stereocenters. The number of anilines is 2. The Bertz CT molecular complexity index is 1420. The Morgan fingerprint density at radius 3 is 2.62 bits per heavy atom. The molecule has 0 spiro atoms. The molecule has 192 valence electrons. The van der Waals surface area contributed by atoms with Crippen molar-refractivity contribution in [2.75, 3.05) is 31.3 Å². The highest BCUT2D eigenvalue weighted by molar-refractivity contribution is 7.96. The van der Waals surface area contributed by atoms with Gasteiger partial charge < -0.3 is 10.0 Å². The molecule has 10 heteroatoms. The van der Waals surface area contributed by atoms with Crippen molar-refractivity contribution in [3.05, 3.63) is 64.5 Å². The van der Waals surface area contributed by atoms with Crippen molar-refractivity contribution in [3.8, 4) is 17.3 Å². The highest BCUT2D eigenvalue weighted by Gasteiger charge is 2.24. The van der Waals surface area contributed by atoms with Gasteiger partial charge in [-0.05, 0) is 60.9 Å². The first-order valence-electron chi connectivity index (χ1n) is 12.3. The summed E-state index contributed by atoms with van der Waals surface area (Å²) in [5.41, 5.74) is 4.35. The van der Waals surface area contributed by atoms with Crippen molar-refractivity contribution in [2.45, 2.75) is 38.2 Å². The summed E-state index contributed by atoms with van der Waals surface area (Å²) in [6.45, 7) is 1.98. The molecule has 0 radical (unpaired) electrons. The minimum absolute atomic E-state index is 0.161. The van der Waals surface area contributed by atoms with Crippen molar-refractivity contribution in [3.63, 3.8) is 0 Å². The topological polar surface area (TPSA) is 80.7 Å². The second kappa shape index (κ2) is 11.2. The Morgan fingerprint density at radius 1 is 1.19 bits per heavy atom. The van der Waals surface area contributed by atoms with Crippen molar-refractivity contribution in [1.82, 2.24) is 18.7 Å². The number of aromatic nitrogens is 3. The normalized spacial score (nSPS) is 14.8. The molecule has 4 heterocycles. The zero-order chi connectivity index (χ0) is 25.9. The maximum atomic E-state index is 13.5. The Labute approximate surface area is 224 Å². The van der Waals surface area contributed by atoms with E-state index in [1.807, 2.05) is 23.9 Å². The number of hydrogen-bond acceptors (Lipinski definition) is 8. The van der Waals surface area contributed by atoms with E-state index in [1.165, 1.54) is 29.0 Å². The van der Waals surface area contributed by atoms with E-state index in [4.69, 9.17) is 9.97 Å². The lowest BCUT2D eigenvalue weighted by Gasteiger charge is -2.30. The van der Waals surface area contributed by atoms with Crippen molar-refractivity contribution in [2.24, 2.45) is 0 Å². The number of hydrogen-bond donors (Lipinski definition) is 1. The van der Waals surface area contributed by atoms with Crippen LogP contribution in [-0.2, 0) is 13.0 Å². The van der Waals surface area contributed by atoms with E-state index < -0.39 is 0 Å². The van der Waals surface area contributed by atoms with Crippen LogP contribution in [0, 0.1) is 17.1 Å². The van der Waals surface area contributed by atoms with Gasteiger partial charge >= 0.3 is 0 Å². The predicted octanol–water partition coefficient (Wildman–Crippen LogP) is 5.77. The number of thiazole rings is 1. The minimum atomic E-state index is -0.315. The fraction of sp³-hybridized carbons (Fsp3) is 0.370. The van der Waals surface area contributed by atoms with Crippen molar-refractivity contribution >= 4 is 39.9 Å². The minimum Gasteiger partial charge on any atom is -0.391 e. The number of nitrogens with zero attached hydrogens (tertiary/aromatic N) is 6. The molecule has 0 aliphatic carbocycles. The van der Waals surface area contributed by atoms with E-state index in [9.17, 15) is 14.8 Å². The summed E-state index contributed by atoms with van der Waals surface area (Å²) in [7, 11) is 1.94. The van der Waals surface area contributed by atoms with Crippen LogP contribution in [0.2, 0.25) is 0 Å². The Kier molecular flexibility index (Phi) is 7.76. The standard InChI is InChI=1S/C27H29FN6OS2/c1-32(27-31-25(23(17-35)37-27)19-5-8-21(28)9-6-19)26-22(4-3-13-29)30-24-10-7-20(16-34(24)26)18-11-14-33(36-2)15-12-18/h5-10,16,18,35H,3-4,11-12,14-15,17H2,1-2H3. The van der Waals surface area contributed by atoms with Gasteiger partial charge in [0.05, 0.1) is 28.9 Å². The molecule has 1 aliphatic rings. The van der Waals surface area contributed by atoms with Crippen LogP contribution in [0.3, 0.4) is 0 Å². The van der Waals surface area contributed by atoms with Gasteiger partial charge in [0.2, 0.25) is 0 Å². The van der Waals surface area contributed by atoms with E-state index in [0.717, 1.165) is 48.7 Å². The molecule has 3 aromatic heterocycles. The number of aliphatic hydroxyl groups is 1. The van der Waals surface area contributed by atoms with Crippen LogP contribution in [-0.4, -0.2) is 50.2 Å². The molecule has 4 aromatic rings. The summed E-state index contributed by atoms with van der Waals surface area (Å²) >= 11 is 3.21. The van der Waals surface area contributed by atoms with Gasteiger partial charge in [-0.3, -0.25) is 8.71 Å². The van der Waals surface area contributed by atoms with E-state index in [-0.39, 0.29) is 12.4 Å². The van der Waals surface area contributed by atoms with Crippen molar-refractivity contribution in [1.29, 1.82) is 5.26 Å². The molecule has 1 fully saturated rings. The van der Waals surface area contributed by atoms with Crippen LogP contribution in [0.1, 0.15) is 41.3 Å². The van der Waals surface area contributed by atoms with Crippen LogP contribution in [0.4, 0.5) is 15.3 Å². The number of aliphatic hydroxyl groups excluding tert-OH is 1. The second-order valence-corrected chi connectivity index (χ2v) is 11.1. The third-order valence-corrected chi connectivity index (χ3v) is 8.89. The highest BCUT2D eigenvalue weighted by Crippen LogP contribution is 2.38. The largest absolute Gasteiger partial charge is 0.391 e. The molecular formula is C27H29FN6OS2. The van der Waals surface area contributed by atoms with Crippen LogP contribution < -0.4 is 4.90 Å². The first kappa shape index (κ1) is 25.7. The summed E-state index contributed by atoms with van der Waals surface area (Å²) < 4.78 is 18.0. The fourth-order valence-corrected chi connectivity index (χ4v) is 6.40. The van der Waals surface area contributed by atoms with Gasteiger partial charge in [-0.1, -0.05) is 29.4 Å². The SMILES string of the molecule is CSN1CCC(c2ccc3nc(CCC#N)c(N(C)c4nc(-c5ccc(F)cc5)c(CO)s4)n3c2)CC1. The molecular weight excluding hydrogens is 507 g/mol. The van der Waals surface area contributed by atoms with Crippen LogP contribution >= 0.6 is 23.3 Å². The number of fused-ring (bicyclic) bond motifs is 1. The molecule has 7 nitrogen and oxygen atoms in total. The first-order valence-corrected chi connectivity index (χ1v) is 14.3. The zero-order valence-electron chi connectivity index (χ0n) is 20.9. The zero-order valence-corrected chi connectivity index (χ0v) is 22.5. The smallest absolute Gasteiger partial charge is 0.191 e. The van der Waals surface area contributed by atoms with E-state index in [2.05, 4.69) is 39.4 Å². The van der Waals surface area contributed by atoms with Crippen molar-refractivity contribution < 1.29 is 9.50 Å². The number of piperidine rings is 1. The summed E-state index contributed by atoms with van der Waals surface area (Å²) in [6.07, 6.45) is 7.44. The lowest BCUT2D eigenvalue weighted by Crippen LogP contribution is -2.27. The lowest BCUT2D eigenvalue weighted by molar-refractivity contribution is 0.286. The molecule has 1 N–H and O–H groups in total. The molecule has 0 bridgehead atoms. The van der Waals surface area contributed by atoms with Gasteiger partial charge in [-0.2, -0.15) is 5.26 Å². The molecule has 1 saturated heterocycles. The molecule has 5 rings (SSSR count). The molecule has 1 aliphatic heterocycles. The van der Waals surface area contributed by atoms with E-state index in [0.29, 0.717) is 34.5 Å². The van der Waals surface area contributed by atoms with Gasteiger partial charge in [-0.15, -0.1) is 0 Å². The van der Waals surface area contributed by atoms with Crippen LogP contribution in [0.15, 0.2) is 42.6 Å². The van der Waals surface area contributed by atoms with Gasteiger partial charge in [0.15, 0.2) is 5.13 Å². The Hall–Kier alpha value is -2.97. The summed E-state index contributed by atoms with van der Waals surface area (Å²) in [4.78, 5) is 12.4. The maximum Gasteiger partial charge on any atom is 0.191 e. The second-order valence-electron chi connectivity index (χ2n) is 9.11. The van der Waals surface area contributed by atoms with Crippen LogP contribution in [0.5, 0.6) is 0 Å². The fourth-order valence-electron chi connectivity index (χ4n) is 4.92. The quantitative estimate of drug-likeness (QED) is 0.286. The molecule has 37 heavy (non-hydrogen) atoms. The molecule has 0 amide bonds. The van der Waals surface area contributed by atoms with Gasteiger partial charge in [0.1, 0.15) is 17.3 Å². The number of imidazole rings is 1. The van der Waals surface area contributed by atoms with Gasteiger partial charge in [0.25, 0.3) is 0 Å². The predicted molar refractivity (Wildman–Crippen MR) is 148 cm³/mol.